The normalized spacial score (nSPS) is 13.2. The molecule has 116 valence electrons. The average Bonchev–Trinajstić information content (AvgIpc) is 2.55. The maximum atomic E-state index is 11.9. The number of thioether (sulfide) groups is 1. The van der Waals surface area contributed by atoms with Crippen molar-refractivity contribution in [3.05, 3.63) is 60.4 Å². The fourth-order valence-corrected chi connectivity index (χ4v) is 2.91. The molecule has 0 radical (unpaired) electrons. The van der Waals surface area contributed by atoms with Crippen molar-refractivity contribution in [1.82, 2.24) is 15.6 Å². The number of hydrogen-bond acceptors (Lipinski definition) is 3. The first kappa shape index (κ1) is 16.4. The SMILES string of the molecule is CC(CNC(=O)NC(C)c1ccccn1)Sc1ccccc1. The Kier molecular flexibility index (Phi) is 6.27. The van der Waals surface area contributed by atoms with Crippen LogP contribution < -0.4 is 10.6 Å². The minimum Gasteiger partial charge on any atom is -0.337 e. The van der Waals surface area contributed by atoms with Crippen LogP contribution in [0.5, 0.6) is 0 Å². The van der Waals surface area contributed by atoms with E-state index in [1.807, 2.05) is 43.3 Å². The average molecular weight is 315 g/mol. The molecule has 1 aromatic heterocycles. The molecule has 1 aromatic carbocycles. The van der Waals surface area contributed by atoms with E-state index in [4.69, 9.17) is 0 Å². The number of carbonyl (C=O) groups is 1. The van der Waals surface area contributed by atoms with Crippen molar-refractivity contribution in [2.24, 2.45) is 0 Å². The molecule has 0 fully saturated rings. The molecule has 0 saturated carbocycles. The smallest absolute Gasteiger partial charge is 0.315 e. The van der Waals surface area contributed by atoms with E-state index >= 15 is 0 Å². The topological polar surface area (TPSA) is 54.0 Å². The summed E-state index contributed by atoms with van der Waals surface area (Å²) in [7, 11) is 0. The van der Waals surface area contributed by atoms with Crippen molar-refractivity contribution in [3.63, 3.8) is 0 Å². The zero-order chi connectivity index (χ0) is 15.8. The van der Waals surface area contributed by atoms with Crippen molar-refractivity contribution in [1.29, 1.82) is 0 Å². The number of nitrogens with one attached hydrogen (secondary N) is 2. The minimum atomic E-state index is -0.168. The first-order valence-electron chi connectivity index (χ1n) is 7.32. The molecule has 2 unspecified atom stereocenters. The predicted octanol–water partition coefficient (Wildman–Crippen LogP) is 3.62. The van der Waals surface area contributed by atoms with E-state index < -0.39 is 0 Å². The van der Waals surface area contributed by atoms with Crippen LogP contribution in [-0.2, 0) is 0 Å². The van der Waals surface area contributed by atoms with Gasteiger partial charge in [-0.2, -0.15) is 0 Å². The van der Waals surface area contributed by atoms with Crippen molar-refractivity contribution in [3.8, 4) is 0 Å². The molecule has 0 spiro atoms. The maximum Gasteiger partial charge on any atom is 0.315 e. The van der Waals surface area contributed by atoms with E-state index in [0.717, 1.165) is 5.69 Å². The highest BCUT2D eigenvalue weighted by Gasteiger charge is 2.11. The number of pyridine rings is 1. The van der Waals surface area contributed by atoms with Crippen LogP contribution in [0.2, 0.25) is 0 Å². The van der Waals surface area contributed by atoms with Crippen molar-refractivity contribution >= 4 is 17.8 Å². The third-order valence-electron chi connectivity index (χ3n) is 3.11. The molecule has 2 aromatic rings. The molecule has 1 heterocycles. The number of carbonyl (C=O) groups excluding carboxylic acids is 1. The van der Waals surface area contributed by atoms with E-state index in [9.17, 15) is 4.79 Å². The summed E-state index contributed by atoms with van der Waals surface area (Å²) in [5.74, 6) is 0. The molecule has 4 nitrogen and oxygen atoms in total. The lowest BCUT2D eigenvalue weighted by Gasteiger charge is -2.16. The van der Waals surface area contributed by atoms with Crippen LogP contribution in [-0.4, -0.2) is 22.8 Å². The maximum absolute atomic E-state index is 11.9. The van der Waals surface area contributed by atoms with Crippen LogP contribution in [0.15, 0.2) is 59.6 Å². The van der Waals surface area contributed by atoms with Crippen molar-refractivity contribution in [2.75, 3.05) is 6.54 Å². The van der Waals surface area contributed by atoms with Gasteiger partial charge in [-0.1, -0.05) is 31.2 Å². The second-order valence-electron chi connectivity index (χ2n) is 5.07. The van der Waals surface area contributed by atoms with Gasteiger partial charge < -0.3 is 10.6 Å². The highest BCUT2D eigenvalue weighted by atomic mass is 32.2. The Morgan fingerprint density at radius 3 is 2.55 bits per heavy atom. The lowest BCUT2D eigenvalue weighted by atomic mass is 10.2. The van der Waals surface area contributed by atoms with Crippen LogP contribution in [0.25, 0.3) is 0 Å². The molecule has 22 heavy (non-hydrogen) atoms. The molecular weight excluding hydrogens is 294 g/mol. The van der Waals surface area contributed by atoms with Gasteiger partial charge in [0.25, 0.3) is 0 Å². The van der Waals surface area contributed by atoms with Crippen LogP contribution in [0.4, 0.5) is 4.79 Å². The summed E-state index contributed by atoms with van der Waals surface area (Å²) in [4.78, 5) is 17.4. The molecule has 2 rings (SSSR count). The van der Waals surface area contributed by atoms with E-state index in [-0.39, 0.29) is 12.1 Å². The predicted molar refractivity (Wildman–Crippen MR) is 90.9 cm³/mol. The van der Waals surface area contributed by atoms with Gasteiger partial charge in [-0.3, -0.25) is 4.98 Å². The largest absolute Gasteiger partial charge is 0.337 e. The molecule has 0 aliphatic rings. The fourth-order valence-electron chi connectivity index (χ4n) is 1.96. The summed E-state index contributed by atoms with van der Waals surface area (Å²) in [6.07, 6.45) is 1.73. The van der Waals surface area contributed by atoms with Gasteiger partial charge in [0.1, 0.15) is 0 Å². The number of rotatable bonds is 6. The van der Waals surface area contributed by atoms with Gasteiger partial charge in [-0.05, 0) is 31.2 Å². The highest BCUT2D eigenvalue weighted by Crippen LogP contribution is 2.21. The molecular formula is C17H21N3OS. The van der Waals surface area contributed by atoms with E-state index in [0.29, 0.717) is 11.8 Å². The number of amides is 2. The van der Waals surface area contributed by atoms with E-state index in [2.05, 4.69) is 34.7 Å². The molecule has 2 N–H and O–H groups in total. The third kappa shape index (κ3) is 5.41. The van der Waals surface area contributed by atoms with Gasteiger partial charge in [0.05, 0.1) is 11.7 Å². The van der Waals surface area contributed by atoms with Crippen LogP contribution in [0.3, 0.4) is 0 Å². The van der Waals surface area contributed by atoms with Gasteiger partial charge in [0.15, 0.2) is 0 Å². The van der Waals surface area contributed by atoms with E-state index in [1.54, 1.807) is 18.0 Å². The zero-order valence-electron chi connectivity index (χ0n) is 12.8. The molecule has 2 atom stereocenters. The lowest BCUT2D eigenvalue weighted by molar-refractivity contribution is 0.238. The van der Waals surface area contributed by atoms with Crippen LogP contribution in [0, 0.1) is 0 Å². The summed E-state index contributed by atoms with van der Waals surface area (Å²) in [6.45, 7) is 4.63. The zero-order valence-corrected chi connectivity index (χ0v) is 13.6. The number of aromatic nitrogens is 1. The van der Waals surface area contributed by atoms with Gasteiger partial charge in [0, 0.05) is 22.9 Å². The monoisotopic (exact) mass is 315 g/mol. The number of urea groups is 1. The Labute approximate surface area is 135 Å². The Hall–Kier alpha value is -2.01. The number of benzene rings is 1. The molecule has 2 amide bonds. The summed E-state index contributed by atoms with van der Waals surface area (Å²) in [5, 5.41) is 6.10. The summed E-state index contributed by atoms with van der Waals surface area (Å²) in [6, 6.07) is 15.6. The molecule has 0 saturated heterocycles. The third-order valence-corrected chi connectivity index (χ3v) is 4.22. The summed E-state index contributed by atoms with van der Waals surface area (Å²) < 4.78 is 0. The number of nitrogens with zero attached hydrogens (tertiary/aromatic N) is 1. The van der Waals surface area contributed by atoms with Crippen molar-refractivity contribution in [2.45, 2.75) is 30.0 Å². The molecule has 0 aliphatic carbocycles. The second-order valence-corrected chi connectivity index (χ2v) is 6.58. The fraction of sp³-hybridized carbons (Fsp3) is 0.294. The van der Waals surface area contributed by atoms with Gasteiger partial charge in [0.2, 0.25) is 0 Å². The highest BCUT2D eigenvalue weighted by molar-refractivity contribution is 8.00. The van der Waals surface area contributed by atoms with Gasteiger partial charge >= 0.3 is 6.03 Å². The Morgan fingerprint density at radius 2 is 1.86 bits per heavy atom. The van der Waals surface area contributed by atoms with Gasteiger partial charge in [-0.25, -0.2) is 4.79 Å². The Bertz CT molecular complexity index is 577. The second kappa shape index (κ2) is 8.44. The number of hydrogen-bond donors (Lipinski definition) is 2. The first-order valence-corrected chi connectivity index (χ1v) is 8.20. The molecule has 0 bridgehead atoms. The minimum absolute atomic E-state index is 0.113. The Morgan fingerprint density at radius 1 is 1.14 bits per heavy atom. The van der Waals surface area contributed by atoms with E-state index in [1.165, 1.54) is 4.90 Å². The van der Waals surface area contributed by atoms with Gasteiger partial charge in [-0.15, -0.1) is 11.8 Å². The van der Waals surface area contributed by atoms with Crippen molar-refractivity contribution < 1.29 is 4.79 Å². The summed E-state index contributed by atoms with van der Waals surface area (Å²) in [5.41, 5.74) is 0.851. The lowest BCUT2D eigenvalue weighted by Crippen LogP contribution is -2.39. The quantitative estimate of drug-likeness (QED) is 0.801. The molecule has 5 heteroatoms. The first-order chi connectivity index (χ1) is 10.6. The standard InChI is InChI=1S/C17H21N3OS/c1-13(22-15-8-4-3-5-9-15)12-19-17(21)20-14(2)16-10-6-7-11-18-16/h3-11,13-14H,12H2,1-2H3,(H2,19,20,21). The Balaban J connectivity index is 1.73. The molecule has 0 aliphatic heterocycles. The summed E-state index contributed by atoms with van der Waals surface area (Å²) >= 11 is 1.75. The van der Waals surface area contributed by atoms with Crippen LogP contribution in [0.1, 0.15) is 25.6 Å². The van der Waals surface area contributed by atoms with Crippen LogP contribution >= 0.6 is 11.8 Å².